The Balaban J connectivity index is 2.08. The number of benzene rings is 1. The van der Waals surface area contributed by atoms with Crippen LogP contribution in [0.5, 0.6) is 11.6 Å². The summed E-state index contributed by atoms with van der Waals surface area (Å²) in [6.45, 7) is 2.40. The summed E-state index contributed by atoms with van der Waals surface area (Å²) in [5.41, 5.74) is 1.87. The van der Waals surface area contributed by atoms with E-state index in [9.17, 15) is 0 Å². The molecule has 1 aromatic carbocycles. The van der Waals surface area contributed by atoms with E-state index in [0.29, 0.717) is 18.2 Å². The third-order valence-corrected chi connectivity index (χ3v) is 2.33. The summed E-state index contributed by atoms with van der Waals surface area (Å²) in [6, 6.07) is 7.57. The molecule has 0 unspecified atom stereocenters. The highest BCUT2D eigenvalue weighted by Crippen LogP contribution is 2.19. The Bertz CT molecular complexity index is 577. The van der Waals surface area contributed by atoms with Gasteiger partial charge >= 0.3 is 0 Å². The largest absolute Gasteiger partial charge is 0.437 e. The number of isothiocyanates is 1. The molecule has 90 valence electrons. The zero-order valence-electron chi connectivity index (χ0n) is 9.83. The number of ether oxygens (including phenoxy) is 1. The van der Waals surface area contributed by atoms with Crippen molar-refractivity contribution in [2.45, 2.75) is 13.5 Å². The van der Waals surface area contributed by atoms with E-state index in [1.807, 2.05) is 31.2 Å². The standard InChI is InChI=1S/C13H11N3OS/c1-10-6-14-8-13(16-10)17-12-4-2-11(3-5-12)7-15-9-18/h2-6,8H,7H2,1H3. The molecule has 1 heterocycles. The fourth-order valence-corrected chi connectivity index (χ4v) is 1.46. The lowest BCUT2D eigenvalue weighted by molar-refractivity contribution is 0.458. The van der Waals surface area contributed by atoms with Crippen molar-refractivity contribution in [1.82, 2.24) is 9.97 Å². The number of nitrogens with zero attached hydrogens (tertiary/aromatic N) is 3. The second-order valence-electron chi connectivity index (χ2n) is 3.65. The van der Waals surface area contributed by atoms with Crippen LogP contribution in [-0.2, 0) is 6.54 Å². The van der Waals surface area contributed by atoms with Crippen LogP contribution in [0.25, 0.3) is 0 Å². The molecular formula is C13H11N3OS. The maximum Gasteiger partial charge on any atom is 0.238 e. The van der Waals surface area contributed by atoms with Gasteiger partial charge in [0.1, 0.15) is 5.75 Å². The van der Waals surface area contributed by atoms with E-state index in [2.05, 4.69) is 32.3 Å². The molecule has 2 rings (SSSR count). The average Bonchev–Trinajstić information content (AvgIpc) is 2.38. The van der Waals surface area contributed by atoms with E-state index in [4.69, 9.17) is 4.74 Å². The van der Waals surface area contributed by atoms with Crippen molar-refractivity contribution in [3.8, 4) is 11.6 Å². The van der Waals surface area contributed by atoms with Gasteiger partial charge in [0.2, 0.25) is 5.88 Å². The molecule has 0 aliphatic heterocycles. The van der Waals surface area contributed by atoms with Crippen molar-refractivity contribution >= 4 is 17.4 Å². The lowest BCUT2D eigenvalue weighted by atomic mass is 10.2. The van der Waals surface area contributed by atoms with E-state index >= 15 is 0 Å². The molecule has 0 amide bonds. The second kappa shape index (κ2) is 6.00. The van der Waals surface area contributed by atoms with Gasteiger partial charge in [-0.3, -0.25) is 4.98 Å². The second-order valence-corrected chi connectivity index (χ2v) is 3.83. The lowest BCUT2D eigenvalue weighted by Crippen LogP contribution is -1.91. The van der Waals surface area contributed by atoms with Crippen LogP contribution in [0, 0.1) is 6.92 Å². The van der Waals surface area contributed by atoms with Crippen LogP contribution in [-0.4, -0.2) is 15.1 Å². The number of aliphatic imine (C=N–C) groups is 1. The summed E-state index contributed by atoms with van der Waals surface area (Å²) < 4.78 is 5.58. The summed E-state index contributed by atoms with van der Waals surface area (Å²) in [7, 11) is 0. The van der Waals surface area contributed by atoms with Crippen LogP contribution in [0.2, 0.25) is 0 Å². The highest BCUT2D eigenvalue weighted by atomic mass is 32.1. The van der Waals surface area contributed by atoms with Crippen molar-refractivity contribution in [2.75, 3.05) is 0 Å². The third-order valence-electron chi connectivity index (χ3n) is 2.20. The van der Waals surface area contributed by atoms with Crippen molar-refractivity contribution in [3.05, 3.63) is 47.9 Å². The monoisotopic (exact) mass is 257 g/mol. The van der Waals surface area contributed by atoms with E-state index in [1.165, 1.54) is 0 Å². The van der Waals surface area contributed by atoms with E-state index < -0.39 is 0 Å². The predicted octanol–water partition coefficient (Wildman–Crippen LogP) is 3.18. The van der Waals surface area contributed by atoms with Crippen LogP contribution in [0.1, 0.15) is 11.3 Å². The van der Waals surface area contributed by atoms with E-state index in [0.717, 1.165) is 11.3 Å². The molecular weight excluding hydrogens is 246 g/mol. The number of aromatic nitrogens is 2. The molecule has 0 bridgehead atoms. The molecule has 4 nitrogen and oxygen atoms in total. The highest BCUT2D eigenvalue weighted by Gasteiger charge is 1.99. The van der Waals surface area contributed by atoms with Crippen molar-refractivity contribution in [3.63, 3.8) is 0 Å². The van der Waals surface area contributed by atoms with Gasteiger partial charge < -0.3 is 4.74 Å². The number of hydrogen-bond acceptors (Lipinski definition) is 5. The number of aryl methyl sites for hydroxylation is 1. The first kappa shape index (κ1) is 12.4. The Morgan fingerprint density at radius 1 is 1.28 bits per heavy atom. The normalized spacial score (nSPS) is 9.61. The molecule has 2 aromatic rings. The topological polar surface area (TPSA) is 47.4 Å². The summed E-state index contributed by atoms with van der Waals surface area (Å²) in [5, 5.41) is 2.34. The van der Waals surface area contributed by atoms with E-state index in [-0.39, 0.29) is 0 Å². The molecule has 0 spiro atoms. The maximum atomic E-state index is 5.58. The van der Waals surface area contributed by atoms with Gasteiger partial charge in [0, 0.05) is 6.20 Å². The first-order valence-electron chi connectivity index (χ1n) is 5.37. The Morgan fingerprint density at radius 2 is 2.06 bits per heavy atom. The van der Waals surface area contributed by atoms with Gasteiger partial charge in [0.25, 0.3) is 0 Å². The van der Waals surface area contributed by atoms with Gasteiger partial charge in [-0.2, -0.15) is 0 Å². The minimum Gasteiger partial charge on any atom is -0.437 e. The molecule has 0 N–H and O–H groups in total. The summed E-state index contributed by atoms with van der Waals surface area (Å²) in [5.74, 6) is 1.20. The molecule has 1 aromatic heterocycles. The molecule has 0 atom stereocenters. The quantitative estimate of drug-likeness (QED) is 0.623. The van der Waals surface area contributed by atoms with Gasteiger partial charge in [-0.15, -0.1) is 0 Å². The third kappa shape index (κ3) is 3.45. The van der Waals surface area contributed by atoms with Crippen LogP contribution in [0.15, 0.2) is 41.7 Å². The van der Waals surface area contributed by atoms with Crippen LogP contribution < -0.4 is 4.74 Å². The first-order valence-corrected chi connectivity index (χ1v) is 5.78. The first-order chi connectivity index (χ1) is 8.78. The minimum atomic E-state index is 0.486. The van der Waals surface area contributed by atoms with Gasteiger partial charge in [-0.1, -0.05) is 12.1 Å². The van der Waals surface area contributed by atoms with Gasteiger partial charge in [0.15, 0.2) is 0 Å². The van der Waals surface area contributed by atoms with Gasteiger partial charge in [-0.05, 0) is 36.8 Å². The summed E-state index contributed by atoms with van der Waals surface area (Å²) >= 11 is 4.52. The Hall–Kier alpha value is -2.10. The Kier molecular flexibility index (Phi) is 4.12. The fourth-order valence-electron chi connectivity index (χ4n) is 1.40. The molecule has 0 fully saturated rings. The Labute approximate surface area is 110 Å². The molecule has 0 saturated heterocycles. The van der Waals surface area contributed by atoms with Crippen LogP contribution in [0.4, 0.5) is 0 Å². The van der Waals surface area contributed by atoms with Crippen molar-refractivity contribution in [2.24, 2.45) is 4.99 Å². The van der Waals surface area contributed by atoms with Crippen molar-refractivity contribution < 1.29 is 4.74 Å². The van der Waals surface area contributed by atoms with Gasteiger partial charge in [0.05, 0.1) is 23.6 Å². The average molecular weight is 257 g/mol. The van der Waals surface area contributed by atoms with Crippen LogP contribution >= 0.6 is 12.2 Å². The predicted molar refractivity (Wildman–Crippen MR) is 72.0 cm³/mol. The zero-order chi connectivity index (χ0) is 12.8. The molecule has 18 heavy (non-hydrogen) atoms. The fraction of sp³-hybridized carbons (Fsp3) is 0.154. The highest BCUT2D eigenvalue weighted by molar-refractivity contribution is 7.78. The molecule has 5 heteroatoms. The maximum absolute atomic E-state index is 5.58. The lowest BCUT2D eigenvalue weighted by Gasteiger charge is -2.05. The minimum absolute atomic E-state index is 0.486. The number of rotatable bonds is 4. The molecule has 0 aliphatic rings. The van der Waals surface area contributed by atoms with Crippen LogP contribution in [0.3, 0.4) is 0 Å². The van der Waals surface area contributed by atoms with Crippen molar-refractivity contribution in [1.29, 1.82) is 0 Å². The Morgan fingerprint density at radius 3 is 2.72 bits per heavy atom. The molecule has 0 radical (unpaired) electrons. The number of hydrogen-bond donors (Lipinski definition) is 0. The van der Waals surface area contributed by atoms with Gasteiger partial charge in [-0.25, -0.2) is 9.98 Å². The summed E-state index contributed by atoms with van der Waals surface area (Å²) in [4.78, 5) is 12.1. The molecule has 0 saturated carbocycles. The number of thiocarbonyl (C=S) groups is 1. The summed E-state index contributed by atoms with van der Waals surface area (Å²) in [6.07, 6.45) is 3.26. The van der Waals surface area contributed by atoms with E-state index in [1.54, 1.807) is 12.4 Å². The SMILES string of the molecule is Cc1cncc(Oc2ccc(CN=C=S)cc2)n1. The zero-order valence-corrected chi connectivity index (χ0v) is 10.6. The molecule has 0 aliphatic carbocycles. The smallest absolute Gasteiger partial charge is 0.238 e.